The molecule has 4 nitrogen and oxygen atoms in total. The molecule has 2 heterocycles. The first-order chi connectivity index (χ1) is 13.3. The second-order valence-electron chi connectivity index (χ2n) is 6.19. The van der Waals surface area contributed by atoms with Crippen molar-refractivity contribution >= 4 is 17.3 Å². The van der Waals surface area contributed by atoms with Crippen LogP contribution >= 0.6 is 11.6 Å². The highest BCUT2D eigenvalue weighted by molar-refractivity contribution is 6.31. The second-order valence-corrected chi connectivity index (χ2v) is 6.60. The summed E-state index contributed by atoms with van der Waals surface area (Å²) < 4.78 is 40.5. The van der Waals surface area contributed by atoms with Crippen LogP contribution in [0.5, 0.6) is 0 Å². The molecular formula is C20H17ClF3N3O. The number of benzene rings is 1. The van der Waals surface area contributed by atoms with Gasteiger partial charge in [-0.2, -0.15) is 13.2 Å². The minimum atomic E-state index is -4.53. The fourth-order valence-electron chi connectivity index (χ4n) is 2.74. The summed E-state index contributed by atoms with van der Waals surface area (Å²) in [6, 6.07) is 10.8. The number of rotatable bonds is 6. The van der Waals surface area contributed by atoms with Crippen LogP contribution in [0.15, 0.2) is 65.8 Å². The third kappa shape index (κ3) is 4.92. The molecule has 1 N–H and O–H groups in total. The first-order valence-electron chi connectivity index (χ1n) is 8.52. The number of hydrogen-bond acceptors (Lipinski definition) is 3. The monoisotopic (exact) mass is 407 g/mol. The van der Waals surface area contributed by atoms with E-state index in [0.29, 0.717) is 24.2 Å². The fourth-order valence-corrected chi connectivity index (χ4v) is 2.97. The van der Waals surface area contributed by atoms with Crippen LogP contribution in [0.2, 0.25) is 5.02 Å². The van der Waals surface area contributed by atoms with E-state index in [1.165, 1.54) is 12.1 Å². The maximum absolute atomic E-state index is 13.0. The van der Waals surface area contributed by atoms with Crippen molar-refractivity contribution in [2.24, 2.45) is 0 Å². The lowest BCUT2D eigenvalue weighted by Gasteiger charge is -2.13. The van der Waals surface area contributed by atoms with Crippen LogP contribution in [0.4, 0.5) is 18.9 Å². The molecule has 0 saturated carbocycles. The van der Waals surface area contributed by atoms with Crippen molar-refractivity contribution < 1.29 is 13.2 Å². The zero-order valence-electron chi connectivity index (χ0n) is 14.7. The van der Waals surface area contributed by atoms with E-state index in [1.54, 1.807) is 35.3 Å². The van der Waals surface area contributed by atoms with Crippen molar-refractivity contribution in [3.05, 3.63) is 93.1 Å². The molecule has 0 atom stereocenters. The number of alkyl halides is 3. The maximum Gasteiger partial charge on any atom is 0.417 e. The van der Waals surface area contributed by atoms with Crippen molar-refractivity contribution in [2.75, 3.05) is 5.32 Å². The zero-order chi connectivity index (χ0) is 20.1. The highest BCUT2D eigenvalue weighted by atomic mass is 35.5. The lowest BCUT2D eigenvalue weighted by molar-refractivity contribution is -0.137. The quantitative estimate of drug-likeness (QED) is 0.640. The summed E-state index contributed by atoms with van der Waals surface area (Å²) in [5.41, 5.74) is 0.628. The Hall–Kier alpha value is -2.80. The van der Waals surface area contributed by atoms with Gasteiger partial charge in [-0.25, -0.2) is 0 Å². The molecule has 0 unspecified atom stereocenters. The minimum Gasteiger partial charge on any atom is -0.377 e. The van der Waals surface area contributed by atoms with Gasteiger partial charge in [-0.1, -0.05) is 17.7 Å². The molecule has 0 saturated heterocycles. The van der Waals surface area contributed by atoms with Crippen LogP contribution in [0.3, 0.4) is 0 Å². The van der Waals surface area contributed by atoms with E-state index >= 15 is 0 Å². The van der Waals surface area contributed by atoms with Gasteiger partial charge in [-0.3, -0.25) is 9.78 Å². The molecular weight excluding hydrogens is 391 g/mol. The van der Waals surface area contributed by atoms with Gasteiger partial charge in [0, 0.05) is 31.7 Å². The lowest BCUT2D eigenvalue weighted by atomic mass is 10.1. The number of halogens is 4. The summed E-state index contributed by atoms with van der Waals surface area (Å²) in [6.45, 7) is 0.557. The van der Waals surface area contributed by atoms with Gasteiger partial charge in [0.2, 0.25) is 0 Å². The summed E-state index contributed by atoms with van der Waals surface area (Å²) in [5, 5.41) is 2.56. The molecule has 3 rings (SSSR count). The molecule has 0 aliphatic rings. The summed E-state index contributed by atoms with van der Waals surface area (Å²) in [5.74, 6) is 0. The SMILES string of the molecule is O=c1c(NCc2ccc(Cl)c(C(F)(F)F)c2)cccn1CCc1ccncc1. The summed E-state index contributed by atoms with van der Waals surface area (Å²) in [7, 11) is 0. The summed E-state index contributed by atoms with van der Waals surface area (Å²) in [4.78, 5) is 16.5. The van der Waals surface area contributed by atoms with Crippen LogP contribution in [0.1, 0.15) is 16.7 Å². The van der Waals surface area contributed by atoms with Crippen molar-refractivity contribution in [3.63, 3.8) is 0 Å². The lowest BCUT2D eigenvalue weighted by Crippen LogP contribution is -2.23. The first-order valence-corrected chi connectivity index (χ1v) is 8.90. The maximum atomic E-state index is 13.0. The smallest absolute Gasteiger partial charge is 0.377 e. The molecule has 0 fully saturated rings. The Balaban J connectivity index is 1.71. The first kappa shape index (κ1) is 19.9. The second kappa shape index (κ2) is 8.48. The highest BCUT2D eigenvalue weighted by Crippen LogP contribution is 2.35. The van der Waals surface area contributed by atoms with Crippen molar-refractivity contribution in [2.45, 2.75) is 25.7 Å². The van der Waals surface area contributed by atoms with E-state index in [1.807, 2.05) is 12.1 Å². The molecule has 8 heteroatoms. The van der Waals surface area contributed by atoms with Crippen molar-refractivity contribution in [1.82, 2.24) is 9.55 Å². The molecule has 0 radical (unpaired) electrons. The fraction of sp³-hybridized carbons (Fsp3) is 0.200. The summed E-state index contributed by atoms with van der Waals surface area (Å²) >= 11 is 5.63. The van der Waals surface area contributed by atoms with Gasteiger partial charge in [-0.15, -0.1) is 0 Å². The van der Waals surface area contributed by atoms with E-state index in [4.69, 9.17) is 11.6 Å². The molecule has 1 aromatic carbocycles. The van der Waals surface area contributed by atoms with Gasteiger partial charge in [0.1, 0.15) is 5.69 Å². The molecule has 0 bridgehead atoms. The van der Waals surface area contributed by atoms with Crippen LogP contribution in [-0.2, 0) is 25.7 Å². The van der Waals surface area contributed by atoms with Crippen LogP contribution < -0.4 is 10.9 Å². The van der Waals surface area contributed by atoms with E-state index in [2.05, 4.69) is 10.3 Å². The van der Waals surface area contributed by atoms with Crippen LogP contribution in [0.25, 0.3) is 0 Å². The van der Waals surface area contributed by atoms with Crippen LogP contribution in [-0.4, -0.2) is 9.55 Å². The number of aromatic nitrogens is 2. The largest absolute Gasteiger partial charge is 0.417 e. The van der Waals surface area contributed by atoms with E-state index in [0.717, 1.165) is 11.6 Å². The van der Waals surface area contributed by atoms with Gasteiger partial charge >= 0.3 is 6.18 Å². The standard InChI is InChI=1S/C20H17ClF3N3O/c21-17-4-3-15(12-16(17)20(22,23)24)13-26-18-2-1-10-27(19(18)28)11-7-14-5-8-25-9-6-14/h1-6,8-10,12,26H,7,11,13H2. The minimum absolute atomic E-state index is 0.0733. The molecule has 28 heavy (non-hydrogen) atoms. The van der Waals surface area contributed by atoms with Gasteiger partial charge in [-0.05, 0) is 53.9 Å². The number of nitrogens with zero attached hydrogens (tertiary/aromatic N) is 2. The summed E-state index contributed by atoms with van der Waals surface area (Å²) in [6.07, 6.45) is 1.20. The Morgan fingerprint density at radius 2 is 1.82 bits per heavy atom. The molecule has 0 spiro atoms. The van der Waals surface area contributed by atoms with Crippen molar-refractivity contribution in [1.29, 1.82) is 0 Å². The molecule has 146 valence electrons. The Bertz CT molecular complexity index is 1000. The number of pyridine rings is 2. The third-order valence-electron chi connectivity index (χ3n) is 4.23. The average molecular weight is 408 g/mol. The Morgan fingerprint density at radius 1 is 1.07 bits per heavy atom. The van der Waals surface area contributed by atoms with E-state index in [-0.39, 0.29) is 17.1 Å². The number of nitrogens with one attached hydrogen (secondary N) is 1. The van der Waals surface area contributed by atoms with Crippen molar-refractivity contribution in [3.8, 4) is 0 Å². The van der Waals surface area contributed by atoms with Gasteiger partial charge < -0.3 is 9.88 Å². The normalized spacial score (nSPS) is 11.4. The van der Waals surface area contributed by atoms with E-state index < -0.39 is 11.7 Å². The molecule has 0 aliphatic carbocycles. The highest BCUT2D eigenvalue weighted by Gasteiger charge is 2.33. The van der Waals surface area contributed by atoms with Gasteiger partial charge in [0.15, 0.2) is 0 Å². The molecule has 2 aromatic heterocycles. The van der Waals surface area contributed by atoms with Crippen LogP contribution in [0, 0.1) is 0 Å². The number of aryl methyl sites for hydroxylation is 2. The molecule has 0 aliphatic heterocycles. The van der Waals surface area contributed by atoms with Gasteiger partial charge in [0.05, 0.1) is 10.6 Å². The topological polar surface area (TPSA) is 46.9 Å². The Kier molecular flexibility index (Phi) is 6.04. The van der Waals surface area contributed by atoms with Gasteiger partial charge in [0.25, 0.3) is 5.56 Å². The molecule has 3 aromatic rings. The average Bonchev–Trinajstić information content (AvgIpc) is 2.67. The number of anilines is 1. The Morgan fingerprint density at radius 3 is 2.54 bits per heavy atom. The predicted molar refractivity (Wildman–Crippen MR) is 102 cm³/mol. The zero-order valence-corrected chi connectivity index (χ0v) is 15.5. The van der Waals surface area contributed by atoms with E-state index in [9.17, 15) is 18.0 Å². The Labute approximate surface area is 164 Å². The predicted octanol–water partition coefficient (Wildman–Crippen LogP) is 4.77. The third-order valence-corrected chi connectivity index (χ3v) is 4.56. The number of hydrogen-bond donors (Lipinski definition) is 1. The molecule has 0 amide bonds.